The molecule has 0 fully saturated rings. The zero-order valence-electron chi connectivity index (χ0n) is 11.3. The molecule has 0 saturated carbocycles. The van der Waals surface area contributed by atoms with Crippen molar-refractivity contribution < 1.29 is 9.53 Å². The van der Waals surface area contributed by atoms with Crippen LogP contribution in [0.25, 0.3) is 16.7 Å². The molecule has 1 aromatic carbocycles. The Balaban J connectivity index is 2.38. The lowest BCUT2D eigenvalue weighted by atomic mass is 10.0. The van der Waals surface area contributed by atoms with Gasteiger partial charge in [0.2, 0.25) is 0 Å². The van der Waals surface area contributed by atoms with Gasteiger partial charge in [-0.05, 0) is 41.8 Å². The first-order valence-corrected chi connectivity index (χ1v) is 6.45. The number of hydrogen-bond acceptors (Lipinski definition) is 3. The number of pyridine rings is 1. The summed E-state index contributed by atoms with van der Waals surface area (Å²) >= 11 is 5.99. The van der Waals surface area contributed by atoms with Gasteiger partial charge in [0.25, 0.3) is 0 Å². The molecule has 0 spiro atoms. The number of hydrogen-bond donors (Lipinski definition) is 0. The molecule has 0 saturated heterocycles. The summed E-state index contributed by atoms with van der Waals surface area (Å²) in [7, 11) is 1.35. The lowest BCUT2D eigenvalue weighted by molar-refractivity contribution is -0.134. The van der Waals surface area contributed by atoms with Gasteiger partial charge in [0, 0.05) is 29.1 Å². The van der Waals surface area contributed by atoms with Crippen molar-refractivity contribution in [1.29, 1.82) is 0 Å². The van der Waals surface area contributed by atoms with Crippen molar-refractivity contribution in [3.8, 4) is 11.1 Å². The first kappa shape index (κ1) is 14.3. The van der Waals surface area contributed by atoms with E-state index in [2.05, 4.69) is 9.72 Å². The third kappa shape index (κ3) is 3.45. The average molecular weight is 288 g/mol. The highest BCUT2D eigenvalue weighted by molar-refractivity contribution is 6.30. The molecule has 1 heterocycles. The molecule has 0 aliphatic heterocycles. The van der Waals surface area contributed by atoms with Crippen LogP contribution in [0.5, 0.6) is 0 Å². The molecule has 20 heavy (non-hydrogen) atoms. The number of carbonyl (C=O) groups excluding carboxylic acids is 1. The molecule has 0 radical (unpaired) electrons. The Labute approximate surface area is 122 Å². The standard InChI is InChI=1S/C16H14ClNO2/c1-11(6-16(19)20-2)13-7-14(10-18-9-13)12-4-3-5-15(17)8-12/h3-10H,1-2H3/b11-6+. The highest BCUT2D eigenvalue weighted by Gasteiger charge is 2.04. The van der Waals surface area contributed by atoms with Crippen molar-refractivity contribution >= 4 is 23.1 Å². The van der Waals surface area contributed by atoms with Gasteiger partial charge in [0.15, 0.2) is 0 Å². The van der Waals surface area contributed by atoms with Crippen LogP contribution < -0.4 is 0 Å². The number of benzene rings is 1. The number of halogens is 1. The summed E-state index contributed by atoms with van der Waals surface area (Å²) in [4.78, 5) is 15.5. The van der Waals surface area contributed by atoms with E-state index in [4.69, 9.17) is 11.6 Å². The lowest BCUT2D eigenvalue weighted by Gasteiger charge is -2.06. The van der Waals surface area contributed by atoms with Crippen LogP contribution in [0, 0.1) is 0 Å². The van der Waals surface area contributed by atoms with Crippen molar-refractivity contribution in [2.45, 2.75) is 6.92 Å². The minimum absolute atomic E-state index is 0.379. The van der Waals surface area contributed by atoms with E-state index in [0.717, 1.165) is 22.3 Å². The van der Waals surface area contributed by atoms with Crippen LogP contribution in [-0.2, 0) is 9.53 Å². The van der Waals surface area contributed by atoms with Gasteiger partial charge in [-0.25, -0.2) is 4.79 Å². The molecule has 2 rings (SSSR count). The average Bonchev–Trinajstić information content (AvgIpc) is 2.47. The topological polar surface area (TPSA) is 39.2 Å². The Morgan fingerprint density at radius 3 is 2.75 bits per heavy atom. The van der Waals surface area contributed by atoms with Crippen LogP contribution in [-0.4, -0.2) is 18.1 Å². The van der Waals surface area contributed by atoms with Gasteiger partial charge in [0.1, 0.15) is 0 Å². The SMILES string of the molecule is COC(=O)/C=C(\C)c1cncc(-c2cccc(Cl)c2)c1. The smallest absolute Gasteiger partial charge is 0.330 e. The highest BCUT2D eigenvalue weighted by Crippen LogP contribution is 2.24. The van der Waals surface area contributed by atoms with Gasteiger partial charge in [-0.2, -0.15) is 0 Å². The van der Waals surface area contributed by atoms with Crippen LogP contribution >= 0.6 is 11.6 Å². The van der Waals surface area contributed by atoms with E-state index >= 15 is 0 Å². The van der Waals surface area contributed by atoms with E-state index in [1.807, 2.05) is 37.3 Å². The Hall–Kier alpha value is -2.13. The largest absolute Gasteiger partial charge is 0.466 e. The number of nitrogens with zero attached hydrogens (tertiary/aromatic N) is 1. The molecular formula is C16H14ClNO2. The molecule has 0 aliphatic rings. The minimum Gasteiger partial charge on any atom is -0.466 e. The first-order chi connectivity index (χ1) is 9.60. The molecule has 1 aromatic heterocycles. The van der Waals surface area contributed by atoms with Gasteiger partial charge >= 0.3 is 5.97 Å². The van der Waals surface area contributed by atoms with Gasteiger partial charge in [0.05, 0.1) is 7.11 Å². The number of aromatic nitrogens is 1. The number of methoxy groups -OCH3 is 1. The van der Waals surface area contributed by atoms with Crippen molar-refractivity contribution in [3.63, 3.8) is 0 Å². The maximum atomic E-state index is 11.3. The summed E-state index contributed by atoms with van der Waals surface area (Å²) < 4.78 is 4.62. The van der Waals surface area contributed by atoms with Crippen molar-refractivity contribution in [2.24, 2.45) is 0 Å². The predicted octanol–water partition coefficient (Wildman–Crippen LogP) is 3.98. The van der Waals surface area contributed by atoms with Crippen LogP contribution in [0.3, 0.4) is 0 Å². The second kappa shape index (κ2) is 6.35. The van der Waals surface area contributed by atoms with Crippen molar-refractivity contribution in [2.75, 3.05) is 7.11 Å². The highest BCUT2D eigenvalue weighted by atomic mass is 35.5. The molecule has 0 bridgehead atoms. The summed E-state index contributed by atoms with van der Waals surface area (Å²) in [5, 5.41) is 0.676. The van der Waals surface area contributed by atoms with E-state index in [1.165, 1.54) is 13.2 Å². The quantitative estimate of drug-likeness (QED) is 0.633. The summed E-state index contributed by atoms with van der Waals surface area (Å²) in [6.07, 6.45) is 4.92. The van der Waals surface area contributed by atoms with Crippen molar-refractivity contribution in [1.82, 2.24) is 4.98 Å². The van der Waals surface area contributed by atoms with Crippen LogP contribution in [0.4, 0.5) is 0 Å². The normalized spacial score (nSPS) is 11.2. The fourth-order valence-corrected chi connectivity index (χ4v) is 1.99. The van der Waals surface area contributed by atoms with Gasteiger partial charge in [-0.1, -0.05) is 23.7 Å². The number of esters is 1. The Bertz CT molecular complexity index is 665. The number of rotatable bonds is 3. The molecule has 0 aliphatic carbocycles. The summed E-state index contributed by atoms with van der Waals surface area (Å²) in [5.41, 5.74) is 3.60. The van der Waals surface area contributed by atoms with Gasteiger partial charge < -0.3 is 4.74 Å². The van der Waals surface area contributed by atoms with Crippen LogP contribution in [0.15, 0.2) is 48.8 Å². The number of allylic oxidation sites excluding steroid dienone is 1. The summed E-state index contributed by atoms with van der Waals surface area (Å²) in [6.45, 7) is 1.84. The third-order valence-corrected chi connectivity index (χ3v) is 3.12. The van der Waals surface area contributed by atoms with E-state index in [0.29, 0.717) is 5.02 Å². The number of carbonyl (C=O) groups is 1. The maximum absolute atomic E-state index is 11.3. The molecule has 0 amide bonds. The van der Waals surface area contributed by atoms with Gasteiger partial charge in [-0.3, -0.25) is 4.98 Å². The Morgan fingerprint density at radius 2 is 2.05 bits per heavy atom. The molecule has 0 unspecified atom stereocenters. The van der Waals surface area contributed by atoms with Crippen LogP contribution in [0.1, 0.15) is 12.5 Å². The summed E-state index contributed by atoms with van der Waals surface area (Å²) in [6, 6.07) is 9.52. The second-order valence-corrected chi connectivity index (χ2v) is 4.76. The zero-order chi connectivity index (χ0) is 14.5. The lowest BCUT2D eigenvalue weighted by Crippen LogP contribution is -1.96. The minimum atomic E-state index is -0.379. The molecule has 4 heteroatoms. The van der Waals surface area contributed by atoms with E-state index < -0.39 is 0 Å². The predicted molar refractivity (Wildman–Crippen MR) is 80.4 cm³/mol. The Morgan fingerprint density at radius 1 is 1.25 bits per heavy atom. The van der Waals surface area contributed by atoms with E-state index in [1.54, 1.807) is 12.4 Å². The molecule has 0 atom stereocenters. The Kier molecular flexibility index (Phi) is 4.53. The zero-order valence-corrected chi connectivity index (χ0v) is 12.0. The molecule has 2 aromatic rings. The number of ether oxygens (including phenoxy) is 1. The molecule has 0 N–H and O–H groups in total. The van der Waals surface area contributed by atoms with E-state index in [9.17, 15) is 4.79 Å². The first-order valence-electron chi connectivity index (χ1n) is 6.08. The van der Waals surface area contributed by atoms with Crippen molar-refractivity contribution in [3.05, 3.63) is 59.4 Å². The van der Waals surface area contributed by atoms with Crippen LogP contribution in [0.2, 0.25) is 5.02 Å². The maximum Gasteiger partial charge on any atom is 0.330 e. The molecular weight excluding hydrogens is 274 g/mol. The third-order valence-electron chi connectivity index (χ3n) is 2.89. The van der Waals surface area contributed by atoms with Gasteiger partial charge in [-0.15, -0.1) is 0 Å². The molecule has 3 nitrogen and oxygen atoms in total. The fourth-order valence-electron chi connectivity index (χ4n) is 1.80. The fraction of sp³-hybridized carbons (Fsp3) is 0.125. The van der Waals surface area contributed by atoms with E-state index in [-0.39, 0.29) is 5.97 Å². The monoisotopic (exact) mass is 287 g/mol. The second-order valence-electron chi connectivity index (χ2n) is 4.32. The molecule has 102 valence electrons. The summed E-state index contributed by atoms with van der Waals surface area (Å²) in [5.74, 6) is -0.379.